The van der Waals surface area contributed by atoms with Gasteiger partial charge in [0.2, 0.25) is 0 Å². The van der Waals surface area contributed by atoms with Gasteiger partial charge in [0, 0.05) is 36.8 Å². The molecule has 2 aromatic rings. The van der Waals surface area contributed by atoms with Crippen LogP contribution in [-0.4, -0.2) is 16.5 Å². The second kappa shape index (κ2) is 6.10. The zero-order chi connectivity index (χ0) is 14.7. The van der Waals surface area contributed by atoms with Gasteiger partial charge in [-0.15, -0.1) is 0 Å². The highest BCUT2D eigenvalue weighted by Gasteiger charge is 2.18. The number of fused-ring (bicyclic) bond motifs is 3. The van der Waals surface area contributed by atoms with Crippen LogP contribution >= 0.6 is 0 Å². The molecule has 0 amide bonds. The summed E-state index contributed by atoms with van der Waals surface area (Å²) in [5.41, 5.74) is 6.16. The molecular formula is C18H21N3. The molecule has 3 heteroatoms. The Balaban J connectivity index is 2.24. The lowest BCUT2D eigenvalue weighted by Gasteiger charge is -2.14. The lowest BCUT2D eigenvalue weighted by molar-refractivity contribution is 0.640. The number of hydrogen-bond acceptors (Lipinski definition) is 2. The zero-order valence-electron chi connectivity index (χ0n) is 12.6. The topological polar surface area (TPSA) is 40.7 Å². The summed E-state index contributed by atoms with van der Waals surface area (Å²) in [6, 6.07) is 2.11. The summed E-state index contributed by atoms with van der Waals surface area (Å²) in [6.45, 7) is 6.04. The van der Waals surface area contributed by atoms with Crippen LogP contribution in [0.4, 0.5) is 0 Å². The molecular weight excluding hydrogens is 258 g/mol. The zero-order valence-corrected chi connectivity index (χ0v) is 12.6. The van der Waals surface area contributed by atoms with Crippen molar-refractivity contribution in [3.63, 3.8) is 0 Å². The minimum Gasteiger partial charge on any atom is -0.343 e. The molecule has 2 N–H and O–H groups in total. The van der Waals surface area contributed by atoms with E-state index < -0.39 is 0 Å². The van der Waals surface area contributed by atoms with Gasteiger partial charge in [-0.05, 0) is 36.6 Å². The summed E-state index contributed by atoms with van der Waals surface area (Å²) in [5, 5.41) is 4.72. The van der Waals surface area contributed by atoms with Gasteiger partial charge in [-0.2, -0.15) is 0 Å². The van der Waals surface area contributed by atoms with Crippen LogP contribution in [0.25, 0.3) is 16.6 Å². The Kier molecular flexibility index (Phi) is 4.02. The molecule has 0 aromatic carbocycles. The second-order valence-corrected chi connectivity index (χ2v) is 5.24. The molecule has 0 atom stereocenters. The van der Waals surface area contributed by atoms with E-state index in [1.807, 2.05) is 13.1 Å². The molecule has 1 aliphatic heterocycles. The van der Waals surface area contributed by atoms with Crippen molar-refractivity contribution < 1.29 is 0 Å². The largest absolute Gasteiger partial charge is 0.343 e. The fourth-order valence-electron chi connectivity index (χ4n) is 2.92. The monoisotopic (exact) mass is 279 g/mol. The van der Waals surface area contributed by atoms with E-state index in [9.17, 15) is 0 Å². The van der Waals surface area contributed by atoms with Crippen LogP contribution in [-0.2, 0) is 13.0 Å². The number of aromatic amines is 1. The standard InChI is InChI=1S/C18H21N3/c1-3-5-7-13(6-4-2)14-8-11-20-18-17(14)15-12-19-10-9-16(15)21-18/h3-8,11,19H,9-10,12H2,1-2H3,(H,20,21)/b5-3-,6-4-,13-7+. The molecule has 0 saturated heterocycles. The van der Waals surface area contributed by atoms with Crippen molar-refractivity contribution in [3.05, 3.63) is 59.5 Å². The Labute approximate surface area is 125 Å². The Morgan fingerprint density at radius 3 is 3.00 bits per heavy atom. The van der Waals surface area contributed by atoms with Crippen LogP contribution in [0, 0.1) is 0 Å². The van der Waals surface area contributed by atoms with Crippen molar-refractivity contribution in [2.24, 2.45) is 0 Å². The highest BCUT2D eigenvalue weighted by molar-refractivity contribution is 5.96. The summed E-state index contributed by atoms with van der Waals surface area (Å²) in [6.07, 6.45) is 13.5. The van der Waals surface area contributed by atoms with Crippen LogP contribution in [0.1, 0.15) is 30.7 Å². The molecule has 0 bridgehead atoms. The Morgan fingerprint density at radius 1 is 1.29 bits per heavy atom. The van der Waals surface area contributed by atoms with E-state index in [1.54, 1.807) is 0 Å². The molecule has 0 saturated carbocycles. The average Bonchev–Trinajstić information content (AvgIpc) is 2.90. The quantitative estimate of drug-likeness (QED) is 0.840. The number of pyridine rings is 1. The van der Waals surface area contributed by atoms with Crippen molar-refractivity contribution in [1.82, 2.24) is 15.3 Å². The molecule has 0 spiro atoms. The molecule has 3 nitrogen and oxygen atoms in total. The third-order valence-corrected chi connectivity index (χ3v) is 3.87. The van der Waals surface area contributed by atoms with Gasteiger partial charge in [0.1, 0.15) is 5.65 Å². The van der Waals surface area contributed by atoms with Crippen molar-refractivity contribution in [2.75, 3.05) is 6.54 Å². The predicted molar refractivity (Wildman–Crippen MR) is 89.1 cm³/mol. The molecule has 1 aliphatic rings. The first kappa shape index (κ1) is 13.8. The summed E-state index contributed by atoms with van der Waals surface area (Å²) in [5.74, 6) is 0. The summed E-state index contributed by atoms with van der Waals surface area (Å²) < 4.78 is 0. The third kappa shape index (κ3) is 2.57. The highest BCUT2D eigenvalue weighted by atomic mass is 14.9. The van der Waals surface area contributed by atoms with E-state index in [-0.39, 0.29) is 0 Å². The smallest absolute Gasteiger partial charge is 0.138 e. The Hall–Kier alpha value is -2.13. The maximum absolute atomic E-state index is 4.52. The van der Waals surface area contributed by atoms with E-state index in [0.717, 1.165) is 25.2 Å². The Bertz CT molecular complexity index is 732. The van der Waals surface area contributed by atoms with Gasteiger partial charge in [0.15, 0.2) is 0 Å². The lowest BCUT2D eigenvalue weighted by atomic mass is 9.98. The molecule has 3 rings (SSSR count). The molecule has 0 radical (unpaired) electrons. The molecule has 108 valence electrons. The van der Waals surface area contributed by atoms with Gasteiger partial charge in [0.05, 0.1) is 0 Å². The highest BCUT2D eigenvalue weighted by Crippen LogP contribution is 2.31. The van der Waals surface area contributed by atoms with E-state index in [2.05, 4.69) is 58.7 Å². The van der Waals surface area contributed by atoms with Crippen LogP contribution in [0.3, 0.4) is 0 Å². The first-order valence-electron chi connectivity index (χ1n) is 7.50. The normalized spacial score (nSPS) is 16.2. The van der Waals surface area contributed by atoms with Crippen molar-refractivity contribution in [3.8, 4) is 0 Å². The fourth-order valence-corrected chi connectivity index (χ4v) is 2.92. The number of rotatable bonds is 3. The van der Waals surface area contributed by atoms with Crippen molar-refractivity contribution in [1.29, 1.82) is 0 Å². The van der Waals surface area contributed by atoms with Gasteiger partial charge in [-0.1, -0.05) is 30.4 Å². The first-order valence-corrected chi connectivity index (χ1v) is 7.50. The van der Waals surface area contributed by atoms with Gasteiger partial charge in [-0.25, -0.2) is 4.98 Å². The van der Waals surface area contributed by atoms with E-state index in [1.165, 1.54) is 27.8 Å². The van der Waals surface area contributed by atoms with Crippen molar-refractivity contribution in [2.45, 2.75) is 26.8 Å². The fraction of sp³-hybridized carbons (Fsp3) is 0.278. The molecule has 3 heterocycles. The second-order valence-electron chi connectivity index (χ2n) is 5.24. The van der Waals surface area contributed by atoms with Crippen LogP contribution < -0.4 is 5.32 Å². The van der Waals surface area contributed by atoms with Crippen LogP contribution in [0.2, 0.25) is 0 Å². The average molecular weight is 279 g/mol. The number of allylic oxidation sites excluding steroid dienone is 6. The molecule has 0 aliphatic carbocycles. The Morgan fingerprint density at radius 2 is 2.19 bits per heavy atom. The van der Waals surface area contributed by atoms with Gasteiger partial charge < -0.3 is 10.3 Å². The third-order valence-electron chi connectivity index (χ3n) is 3.87. The number of H-pyrrole nitrogens is 1. The summed E-state index contributed by atoms with van der Waals surface area (Å²) in [4.78, 5) is 8.01. The molecule has 0 fully saturated rings. The summed E-state index contributed by atoms with van der Waals surface area (Å²) >= 11 is 0. The number of aromatic nitrogens is 2. The molecule has 21 heavy (non-hydrogen) atoms. The van der Waals surface area contributed by atoms with Gasteiger partial charge >= 0.3 is 0 Å². The first-order chi connectivity index (χ1) is 10.3. The number of nitrogens with zero attached hydrogens (tertiary/aromatic N) is 1. The molecule has 0 unspecified atom stereocenters. The van der Waals surface area contributed by atoms with Crippen LogP contribution in [0.15, 0.2) is 42.6 Å². The molecule has 2 aromatic heterocycles. The van der Waals surface area contributed by atoms with Gasteiger partial charge in [-0.3, -0.25) is 0 Å². The number of hydrogen-bond donors (Lipinski definition) is 2. The van der Waals surface area contributed by atoms with Crippen molar-refractivity contribution >= 4 is 16.6 Å². The SMILES string of the molecule is C\C=C/C=C(\C=C/C)c1ccnc2[nH]c3c(c12)CNCC3. The maximum Gasteiger partial charge on any atom is 0.138 e. The summed E-state index contributed by atoms with van der Waals surface area (Å²) in [7, 11) is 0. The maximum atomic E-state index is 4.52. The predicted octanol–water partition coefficient (Wildman–Crippen LogP) is 3.74. The van der Waals surface area contributed by atoms with E-state index >= 15 is 0 Å². The van der Waals surface area contributed by atoms with E-state index in [4.69, 9.17) is 0 Å². The minimum absolute atomic E-state index is 0.917. The lowest BCUT2D eigenvalue weighted by Crippen LogP contribution is -2.23. The van der Waals surface area contributed by atoms with Crippen LogP contribution in [0.5, 0.6) is 0 Å². The minimum atomic E-state index is 0.917. The van der Waals surface area contributed by atoms with Gasteiger partial charge in [0.25, 0.3) is 0 Å². The number of nitrogens with one attached hydrogen (secondary N) is 2. The van der Waals surface area contributed by atoms with E-state index in [0.29, 0.717) is 0 Å².